The maximum Gasteiger partial charge on any atom is 0.127 e. The van der Waals surface area contributed by atoms with E-state index in [9.17, 15) is 8.78 Å². The Morgan fingerprint density at radius 3 is 2.95 bits per heavy atom. The fourth-order valence-electron chi connectivity index (χ4n) is 3.04. The van der Waals surface area contributed by atoms with Gasteiger partial charge in [-0.05, 0) is 57.0 Å². The van der Waals surface area contributed by atoms with Gasteiger partial charge in [-0.25, -0.2) is 8.78 Å². The largest absolute Gasteiger partial charge is 0.314 e. The molecule has 0 amide bonds. The molecule has 1 aliphatic heterocycles. The van der Waals surface area contributed by atoms with Crippen molar-refractivity contribution in [2.45, 2.75) is 39.3 Å². The molecule has 2 unspecified atom stereocenters. The smallest absolute Gasteiger partial charge is 0.127 e. The van der Waals surface area contributed by atoms with Gasteiger partial charge in [-0.2, -0.15) is 0 Å². The van der Waals surface area contributed by atoms with Gasteiger partial charge < -0.3 is 5.32 Å². The van der Waals surface area contributed by atoms with Crippen LogP contribution >= 0.6 is 0 Å². The number of piperidine rings is 1. The highest BCUT2D eigenvalue weighted by Crippen LogP contribution is 2.22. The first kappa shape index (κ1) is 15.4. The van der Waals surface area contributed by atoms with Crippen LogP contribution in [0.15, 0.2) is 18.2 Å². The van der Waals surface area contributed by atoms with Crippen LogP contribution in [-0.2, 0) is 6.54 Å². The van der Waals surface area contributed by atoms with Crippen LogP contribution in [0.2, 0.25) is 0 Å². The Labute approximate surface area is 120 Å². The molecule has 0 saturated carbocycles. The van der Waals surface area contributed by atoms with Crippen molar-refractivity contribution in [3.05, 3.63) is 35.4 Å². The third-order valence-electron chi connectivity index (χ3n) is 4.18. The average molecular weight is 282 g/mol. The minimum Gasteiger partial charge on any atom is -0.314 e. The summed E-state index contributed by atoms with van der Waals surface area (Å²) < 4.78 is 26.9. The normalized spacial score (nSPS) is 21.9. The molecule has 2 nitrogen and oxygen atoms in total. The minimum absolute atomic E-state index is 0.312. The lowest BCUT2D eigenvalue weighted by molar-refractivity contribution is 0.143. The first-order chi connectivity index (χ1) is 9.60. The van der Waals surface area contributed by atoms with E-state index in [1.165, 1.54) is 24.6 Å². The van der Waals surface area contributed by atoms with Crippen molar-refractivity contribution in [2.24, 2.45) is 5.92 Å². The molecule has 1 heterocycles. The summed E-state index contributed by atoms with van der Waals surface area (Å²) in [4.78, 5) is 2.24. The van der Waals surface area contributed by atoms with Gasteiger partial charge in [0.05, 0.1) is 0 Å². The predicted octanol–water partition coefficient (Wildman–Crippen LogP) is 3.17. The zero-order valence-corrected chi connectivity index (χ0v) is 12.3. The fraction of sp³-hybridized carbons (Fsp3) is 0.625. The zero-order chi connectivity index (χ0) is 14.5. The Kier molecular flexibility index (Phi) is 5.49. The molecular weight excluding hydrogens is 258 g/mol. The lowest BCUT2D eigenvalue weighted by atomic mass is 9.91. The van der Waals surface area contributed by atoms with Crippen molar-refractivity contribution in [2.75, 3.05) is 19.6 Å². The van der Waals surface area contributed by atoms with Crippen LogP contribution in [0.5, 0.6) is 0 Å². The van der Waals surface area contributed by atoms with Crippen LogP contribution in [0.4, 0.5) is 8.78 Å². The third-order valence-corrected chi connectivity index (χ3v) is 4.18. The number of nitrogens with one attached hydrogen (secondary N) is 1. The van der Waals surface area contributed by atoms with Crippen molar-refractivity contribution in [1.29, 1.82) is 0 Å². The second-order valence-corrected chi connectivity index (χ2v) is 5.72. The Morgan fingerprint density at radius 2 is 2.20 bits per heavy atom. The fourth-order valence-corrected chi connectivity index (χ4v) is 3.04. The van der Waals surface area contributed by atoms with E-state index in [0.29, 0.717) is 24.1 Å². The Morgan fingerprint density at radius 1 is 1.40 bits per heavy atom. The molecule has 0 radical (unpaired) electrons. The lowest BCUT2D eigenvalue weighted by Crippen LogP contribution is -2.44. The van der Waals surface area contributed by atoms with Gasteiger partial charge in [0, 0.05) is 24.7 Å². The SMILES string of the molecule is CCNC(C)C1CCCN(Cc2cc(F)ccc2F)C1. The molecule has 4 heteroatoms. The maximum absolute atomic E-state index is 13.7. The molecule has 1 fully saturated rings. The van der Waals surface area contributed by atoms with Gasteiger partial charge >= 0.3 is 0 Å². The zero-order valence-electron chi connectivity index (χ0n) is 12.3. The van der Waals surface area contributed by atoms with E-state index >= 15 is 0 Å². The molecule has 1 N–H and O–H groups in total. The van der Waals surface area contributed by atoms with Gasteiger partial charge in [0.15, 0.2) is 0 Å². The summed E-state index contributed by atoms with van der Waals surface area (Å²) in [5.74, 6) is -0.0930. The number of likely N-dealkylation sites (tertiary alicyclic amines) is 1. The predicted molar refractivity (Wildman–Crippen MR) is 77.5 cm³/mol. The molecule has 20 heavy (non-hydrogen) atoms. The second-order valence-electron chi connectivity index (χ2n) is 5.72. The number of nitrogens with zero attached hydrogens (tertiary/aromatic N) is 1. The minimum atomic E-state index is -0.365. The lowest BCUT2D eigenvalue weighted by Gasteiger charge is -2.36. The van der Waals surface area contributed by atoms with Gasteiger partial charge in [0.1, 0.15) is 11.6 Å². The Bertz CT molecular complexity index is 436. The molecule has 112 valence electrons. The number of benzene rings is 1. The molecular formula is C16H24F2N2. The molecule has 2 atom stereocenters. The molecule has 1 saturated heterocycles. The summed E-state index contributed by atoms with van der Waals surface area (Å²) in [5.41, 5.74) is 0.460. The molecule has 0 aliphatic carbocycles. The van der Waals surface area contributed by atoms with Gasteiger partial charge in [0.2, 0.25) is 0 Å². The van der Waals surface area contributed by atoms with Crippen LogP contribution in [0.25, 0.3) is 0 Å². The highest BCUT2D eigenvalue weighted by atomic mass is 19.1. The van der Waals surface area contributed by atoms with E-state index in [0.717, 1.165) is 26.1 Å². The molecule has 0 spiro atoms. The van der Waals surface area contributed by atoms with Crippen LogP contribution in [-0.4, -0.2) is 30.6 Å². The van der Waals surface area contributed by atoms with Crippen LogP contribution < -0.4 is 5.32 Å². The molecule has 0 bridgehead atoms. The monoisotopic (exact) mass is 282 g/mol. The van der Waals surface area contributed by atoms with E-state index < -0.39 is 0 Å². The van der Waals surface area contributed by atoms with Crippen LogP contribution in [0.1, 0.15) is 32.3 Å². The first-order valence-electron chi connectivity index (χ1n) is 7.49. The first-order valence-corrected chi connectivity index (χ1v) is 7.49. The third kappa shape index (κ3) is 4.00. The molecule has 0 aromatic heterocycles. The van der Waals surface area contributed by atoms with Gasteiger partial charge in [0.25, 0.3) is 0 Å². The van der Waals surface area contributed by atoms with Crippen molar-refractivity contribution >= 4 is 0 Å². The molecule has 2 rings (SSSR count). The number of hydrogen-bond acceptors (Lipinski definition) is 2. The maximum atomic E-state index is 13.7. The number of hydrogen-bond donors (Lipinski definition) is 1. The molecule has 1 aromatic carbocycles. The number of halogens is 2. The summed E-state index contributed by atoms with van der Waals surface area (Å²) in [5, 5.41) is 3.46. The summed E-state index contributed by atoms with van der Waals surface area (Å²) >= 11 is 0. The van der Waals surface area contributed by atoms with Crippen molar-refractivity contribution in [1.82, 2.24) is 10.2 Å². The van der Waals surface area contributed by atoms with Crippen molar-refractivity contribution < 1.29 is 8.78 Å². The molecule has 1 aromatic rings. The summed E-state index contributed by atoms with van der Waals surface area (Å²) in [6.45, 7) is 7.70. The van der Waals surface area contributed by atoms with E-state index in [4.69, 9.17) is 0 Å². The quantitative estimate of drug-likeness (QED) is 0.892. The number of rotatable bonds is 5. The molecule has 1 aliphatic rings. The Balaban J connectivity index is 1.97. The van der Waals surface area contributed by atoms with E-state index in [2.05, 4.69) is 24.1 Å². The van der Waals surface area contributed by atoms with Crippen molar-refractivity contribution in [3.8, 4) is 0 Å². The van der Waals surface area contributed by atoms with Gasteiger partial charge in [-0.3, -0.25) is 4.90 Å². The van der Waals surface area contributed by atoms with E-state index in [1.807, 2.05) is 0 Å². The highest BCUT2D eigenvalue weighted by Gasteiger charge is 2.24. The van der Waals surface area contributed by atoms with E-state index in [1.54, 1.807) is 0 Å². The summed E-state index contributed by atoms with van der Waals surface area (Å²) in [6.07, 6.45) is 2.33. The van der Waals surface area contributed by atoms with Crippen LogP contribution in [0, 0.1) is 17.6 Å². The topological polar surface area (TPSA) is 15.3 Å². The van der Waals surface area contributed by atoms with E-state index in [-0.39, 0.29) is 11.6 Å². The van der Waals surface area contributed by atoms with Crippen molar-refractivity contribution in [3.63, 3.8) is 0 Å². The Hall–Kier alpha value is -1.00. The standard InChI is InChI=1S/C16H24F2N2/c1-3-19-12(2)13-5-4-8-20(10-13)11-14-9-15(17)6-7-16(14)18/h6-7,9,12-13,19H,3-5,8,10-11H2,1-2H3. The second kappa shape index (κ2) is 7.14. The van der Waals surface area contributed by atoms with Gasteiger partial charge in [-0.1, -0.05) is 6.92 Å². The average Bonchev–Trinajstić information content (AvgIpc) is 2.43. The highest BCUT2D eigenvalue weighted by molar-refractivity contribution is 5.18. The van der Waals surface area contributed by atoms with Crippen LogP contribution in [0.3, 0.4) is 0 Å². The van der Waals surface area contributed by atoms with Gasteiger partial charge in [-0.15, -0.1) is 0 Å². The summed E-state index contributed by atoms with van der Waals surface area (Å²) in [7, 11) is 0. The summed E-state index contributed by atoms with van der Waals surface area (Å²) in [6, 6.07) is 4.17.